The first-order chi connectivity index (χ1) is 7.31. The number of nitrogens with one attached hydrogen (secondary N) is 1. The van der Waals surface area contributed by atoms with E-state index in [-0.39, 0.29) is 0 Å². The van der Waals surface area contributed by atoms with Crippen molar-refractivity contribution in [1.29, 1.82) is 0 Å². The van der Waals surface area contributed by atoms with Crippen molar-refractivity contribution in [3.05, 3.63) is 18.0 Å². The van der Waals surface area contributed by atoms with Crippen molar-refractivity contribution in [3.63, 3.8) is 0 Å². The summed E-state index contributed by atoms with van der Waals surface area (Å²) in [5.41, 5.74) is 1.36. The Balaban J connectivity index is 1.78. The van der Waals surface area contributed by atoms with Crippen molar-refractivity contribution >= 4 is 0 Å². The van der Waals surface area contributed by atoms with E-state index in [1.54, 1.807) is 0 Å². The van der Waals surface area contributed by atoms with Gasteiger partial charge in [0, 0.05) is 24.8 Å². The van der Waals surface area contributed by atoms with Crippen molar-refractivity contribution < 1.29 is 0 Å². The highest BCUT2D eigenvalue weighted by atomic mass is 15.2. The Morgan fingerprint density at radius 2 is 2.20 bits per heavy atom. The van der Waals surface area contributed by atoms with Crippen LogP contribution in [0.3, 0.4) is 0 Å². The number of rotatable bonds is 3. The molecule has 0 saturated heterocycles. The van der Waals surface area contributed by atoms with Gasteiger partial charge in [-0.05, 0) is 37.6 Å². The SMILES string of the molecule is CNC(c1cnn(C)c1)C1C2CCCC21. The predicted octanol–water partition coefficient (Wildman–Crippen LogP) is 1.73. The number of nitrogens with zero attached hydrogens (tertiary/aromatic N) is 2. The second kappa shape index (κ2) is 3.34. The first-order valence-electron chi connectivity index (χ1n) is 5.97. The Morgan fingerprint density at radius 1 is 1.47 bits per heavy atom. The molecular formula is C12H19N3. The van der Waals surface area contributed by atoms with Crippen molar-refractivity contribution in [2.45, 2.75) is 25.3 Å². The van der Waals surface area contributed by atoms with Gasteiger partial charge in [0.2, 0.25) is 0 Å². The molecule has 2 saturated carbocycles. The van der Waals surface area contributed by atoms with Crippen LogP contribution in [0.15, 0.2) is 12.4 Å². The maximum Gasteiger partial charge on any atom is 0.0537 e. The van der Waals surface area contributed by atoms with Crippen molar-refractivity contribution in [2.24, 2.45) is 24.8 Å². The van der Waals surface area contributed by atoms with Gasteiger partial charge >= 0.3 is 0 Å². The fraction of sp³-hybridized carbons (Fsp3) is 0.750. The number of hydrogen-bond acceptors (Lipinski definition) is 2. The molecule has 3 nitrogen and oxygen atoms in total. The fourth-order valence-electron chi connectivity index (χ4n) is 3.55. The van der Waals surface area contributed by atoms with Crippen LogP contribution < -0.4 is 5.32 Å². The Labute approximate surface area is 90.9 Å². The van der Waals surface area contributed by atoms with Crippen LogP contribution in [0.1, 0.15) is 30.9 Å². The zero-order valence-electron chi connectivity index (χ0n) is 9.48. The molecule has 3 heteroatoms. The van der Waals surface area contributed by atoms with E-state index in [0.717, 1.165) is 17.8 Å². The van der Waals surface area contributed by atoms with Gasteiger partial charge in [-0.3, -0.25) is 4.68 Å². The van der Waals surface area contributed by atoms with Crippen LogP contribution in [-0.4, -0.2) is 16.8 Å². The monoisotopic (exact) mass is 205 g/mol. The van der Waals surface area contributed by atoms with E-state index >= 15 is 0 Å². The quantitative estimate of drug-likeness (QED) is 0.814. The van der Waals surface area contributed by atoms with Gasteiger partial charge < -0.3 is 5.32 Å². The molecule has 2 fully saturated rings. The summed E-state index contributed by atoms with van der Waals surface area (Å²) in [6.45, 7) is 0. The molecular weight excluding hydrogens is 186 g/mol. The largest absolute Gasteiger partial charge is 0.313 e. The van der Waals surface area contributed by atoms with Gasteiger partial charge in [0.1, 0.15) is 0 Å². The minimum Gasteiger partial charge on any atom is -0.313 e. The molecule has 2 aliphatic carbocycles. The molecule has 0 bridgehead atoms. The average Bonchev–Trinajstić information content (AvgIpc) is 2.67. The van der Waals surface area contributed by atoms with Gasteiger partial charge in [0.15, 0.2) is 0 Å². The molecule has 1 N–H and O–H groups in total. The topological polar surface area (TPSA) is 29.9 Å². The molecule has 0 amide bonds. The van der Waals surface area contributed by atoms with Gasteiger partial charge in [0.25, 0.3) is 0 Å². The number of aromatic nitrogens is 2. The molecule has 1 aromatic rings. The summed E-state index contributed by atoms with van der Waals surface area (Å²) < 4.78 is 1.90. The van der Waals surface area contributed by atoms with E-state index in [0.29, 0.717) is 6.04 Å². The second-order valence-electron chi connectivity index (χ2n) is 5.05. The summed E-state index contributed by atoms with van der Waals surface area (Å²) in [6, 6.07) is 0.536. The highest BCUT2D eigenvalue weighted by Gasteiger charge is 2.55. The normalized spacial score (nSPS) is 35.2. The van der Waals surface area contributed by atoms with Gasteiger partial charge in [-0.25, -0.2) is 0 Å². The zero-order valence-corrected chi connectivity index (χ0v) is 9.48. The van der Waals surface area contributed by atoms with Crippen molar-refractivity contribution in [1.82, 2.24) is 15.1 Å². The zero-order chi connectivity index (χ0) is 10.4. The minimum absolute atomic E-state index is 0.536. The van der Waals surface area contributed by atoms with Crippen LogP contribution in [0.2, 0.25) is 0 Å². The minimum atomic E-state index is 0.536. The molecule has 2 aliphatic rings. The third kappa shape index (κ3) is 1.41. The Morgan fingerprint density at radius 3 is 2.73 bits per heavy atom. The van der Waals surface area contributed by atoms with Crippen LogP contribution in [0.4, 0.5) is 0 Å². The predicted molar refractivity (Wildman–Crippen MR) is 59.3 cm³/mol. The van der Waals surface area contributed by atoms with Crippen molar-refractivity contribution in [2.75, 3.05) is 7.05 Å². The highest BCUT2D eigenvalue weighted by Crippen LogP contribution is 2.62. The Bertz CT molecular complexity index is 348. The molecule has 0 aliphatic heterocycles. The average molecular weight is 205 g/mol. The van der Waals surface area contributed by atoms with E-state index in [2.05, 4.69) is 23.7 Å². The third-order valence-electron chi connectivity index (χ3n) is 4.25. The summed E-state index contributed by atoms with van der Waals surface area (Å²) >= 11 is 0. The molecule has 1 heterocycles. The molecule has 3 unspecified atom stereocenters. The summed E-state index contributed by atoms with van der Waals surface area (Å²) in [5.74, 6) is 2.89. The molecule has 82 valence electrons. The number of fused-ring (bicyclic) bond motifs is 1. The molecule has 0 aromatic carbocycles. The lowest BCUT2D eigenvalue weighted by molar-refractivity contribution is 0.444. The Kier molecular flexibility index (Phi) is 2.09. The molecule has 1 aromatic heterocycles. The van der Waals surface area contributed by atoms with Crippen LogP contribution >= 0.6 is 0 Å². The standard InChI is InChI=1S/C12H19N3/c1-13-12(8-6-14-15(2)7-8)11-9-4-3-5-10(9)11/h6-7,9-13H,3-5H2,1-2H3. The molecule has 0 spiro atoms. The lowest BCUT2D eigenvalue weighted by atomic mass is 10.00. The van der Waals surface area contributed by atoms with Crippen LogP contribution in [0, 0.1) is 17.8 Å². The lowest BCUT2D eigenvalue weighted by Crippen LogP contribution is -2.20. The Hall–Kier alpha value is -0.830. The summed E-state index contributed by atoms with van der Waals surface area (Å²) in [7, 11) is 4.07. The first-order valence-corrected chi connectivity index (χ1v) is 5.97. The summed E-state index contributed by atoms with van der Waals surface area (Å²) in [5, 5.41) is 7.74. The molecule has 0 radical (unpaired) electrons. The van der Waals surface area contributed by atoms with E-state index in [9.17, 15) is 0 Å². The third-order valence-corrected chi connectivity index (χ3v) is 4.25. The van der Waals surface area contributed by atoms with Crippen LogP contribution in [0.25, 0.3) is 0 Å². The maximum absolute atomic E-state index is 4.27. The number of hydrogen-bond donors (Lipinski definition) is 1. The highest BCUT2D eigenvalue weighted by molar-refractivity contribution is 5.18. The smallest absolute Gasteiger partial charge is 0.0537 e. The van der Waals surface area contributed by atoms with Gasteiger partial charge in [0.05, 0.1) is 6.20 Å². The van der Waals surface area contributed by atoms with E-state index in [4.69, 9.17) is 0 Å². The second-order valence-corrected chi connectivity index (χ2v) is 5.05. The number of aryl methyl sites for hydroxylation is 1. The van der Waals surface area contributed by atoms with Crippen LogP contribution in [-0.2, 0) is 7.05 Å². The van der Waals surface area contributed by atoms with E-state index < -0.39 is 0 Å². The molecule has 3 rings (SSSR count). The van der Waals surface area contributed by atoms with Gasteiger partial charge in [-0.2, -0.15) is 5.10 Å². The van der Waals surface area contributed by atoms with E-state index in [1.165, 1.54) is 24.8 Å². The van der Waals surface area contributed by atoms with Gasteiger partial charge in [-0.1, -0.05) is 6.42 Å². The fourth-order valence-corrected chi connectivity index (χ4v) is 3.55. The summed E-state index contributed by atoms with van der Waals surface area (Å²) in [6.07, 6.45) is 8.52. The lowest BCUT2D eigenvalue weighted by Gasteiger charge is -2.16. The van der Waals surface area contributed by atoms with E-state index in [1.807, 2.05) is 17.9 Å². The molecule has 3 atom stereocenters. The summed E-state index contributed by atoms with van der Waals surface area (Å²) in [4.78, 5) is 0. The molecule has 15 heavy (non-hydrogen) atoms. The van der Waals surface area contributed by atoms with Crippen molar-refractivity contribution in [3.8, 4) is 0 Å². The van der Waals surface area contributed by atoms with Crippen LogP contribution in [0.5, 0.6) is 0 Å². The van der Waals surface area contributed by atoms with Gasteiger partial charge in [-0.15, -0.1) is 0 Å². The first kappa shape index (κ1) is 9.40. The maximum atomic E-state index is 4.27.